The highest BCUT2D eigenvalue weighted by molar-refractivity contribution is 5.44. The summed E-state index contributed by atoms with van der Waals surface area (Å²) in [6.45, 7) is -2.00. The van der Waals surface area contributed by atoms with Crippen molar-refractivity contribution in [3.63, 3.8) is 0 Å². The molecule has 2 aromatic carbocycles. The molecular formula is C24H25F6NO3. The smallest absolute Gasteiger partial charge is 0.422 e. The summed E-state index contributed by atoms with van der Waals surface area (Å²) in [5.74, 6) is -0.500. The molecule has 4 nitrogen and oxygen atoms in total. The van der Waals surface area contributed by atoms with Gasteiger partial charge in [-0.05, 0) is 49.6 Å². The van der Waals surface area contributed by atoms with E-state index < -0.39 is 31.2 Å². The number of halogens is 6. The van der Waals surface area contributed by atoms with E-state index in [1.54, 1.807) is 0 Å². The standard InChI is InChI=1S/C24H25F6NO3/c25-23(26,27)14-32-18-7-8-20(33-15-24(28,29)30)19(11-18)17-12-22(34-13-17)9-4-10-31-21(22)16-5-2-1-3-6-16/h1-3,5-8,11,17,21,31H,4,9-10,12-15H2/t17-,21+,22-/m1/s1. The average molecular weight is 489 g/mol. The first-order valence-corrected chi connectivity index (χ1v) is 11.0. The Morgan fingerprint density at radius 1 is 0.941 bits per heavy atom. The van der Waals surface area contributed by atoms with Crippen LogP contribution < -0.4 is 14.8 Å². The van der Waals surface area contributed by atoms with Crippen LogP contribution in [0, 0.1) is 0 Å². The highest BCUT2D eigenvalue weighted by Crippen LogP contribution is 2.50. The molecule has 2 saturated heterocycles. The lowest BCUT2D eigenvalue weighted by atomic mass is 9.77. The monoisotopic (exact) mass is 489 g/mol. The van der Waals surface area contributed by atoms with Gasteiger partial charge in [0, 0.05) is 11.5 Å². The van der Waals surface area contributed by atoms with Gasteiger partial charge < -0.3 is 19.5 Å². The molecule has 34 heavy (non-hydrogen) atoms. The SMILES string of the molecule is FC(F)(F)COc1ccc(OCC(F)(F)F)c([C@H]2CO[C@]3(CCCN[C@H]3c3ccccc3)C2)c1. The summed E-state index contributed by atoms with van der Waals surface area (Å²) in [6.07, 6.45) is -7.00. The van der Waals surface area contributed by atoms with Gasteiger partial charge in [-0.1, -0.05) is 30.3 Å². The molecule has 0 unspecified atom stereocenters. The van der Waals surface area contributed by atoms with Crippen molar-refractivity contribution in [2.24, 2.45) is 0 Å². The van der Waals surface area contributed by atoms with Crippen LogP contribution in [0.1, 0.15) is 42.3 Å². The zero-order chi connectivity index (χ0) is 24.4. The lowest BCUT2D eigenvalue weighted by molar-refractivity contribution is -0.154. The molecule has 186 valence electrons. The van der Waals surface area contributed by atoms with Gasteiger partial charge in [0.05, 0.1) is 18.2 Å². The van der Waals surface area contributed by atoms with E-state index in [0.29, 0.717) is 12.0 Å². The molecule has 2 aromatic rings. The largest absolute Gasteiger partial charge is 0.484 e. The van der Waals surface area contributed by atoms with E-state index >= 15 is 0 Å². The quantitative estimate of drug-likeness (QED) is 0.510. The number of benzene rings is 2. The average Bonchev–Trinajstić information content (AvgIpc) is 3.20. The van der Waals surface area contributed by atoms with Crippen molar-refractivity contribution in [1.82, 2.24) is 5.32 Å². The predicted octanol–water partition coefficient (Wildman–Crippen LogP) is 5.94. The molecule has 10 heteroatoms. The first-order valence-electron chi connectivity index (χ1n) is 11.0. The van der Waals surface area contributed by atoms with E-state index in [2.05, 4.69) is 5.32 Å². The zero-order valence-corrected chi connectivity index (χ0v) is 18.2. The van der Waals surface area contributed by atoms with Crippen molar-refractivity contribution in [1.29, 1.82) is 0 Å². The van der Waals surface area contributed by atoms with Crippen LogP contribution in [-0.4, -0.2) is 44.3 Å². The van der Waals surface area contributed by atoms with Gasteiger partial charge in [-0.2, -0.15) is 26.3 Å². The highest BCUT2D eigenvalue weighted by atomic mass is 19.4. The molecule has 0 amide bonds. The minimum atomic E-state index is -4.55. The second-order valence-electron chi connectivity index (χ2n) is 8.69. The molecule has 2 heterocycles. The van der Waals surface area contributed by atoms with Crippen LogP contribution in [0.5, 0.6) is 11.5 Å². The number of hydrogen-bond donors (Lipinski definition) is 1. The molecule has 2 aliphatic heterocycles. The summed E-state index contributed by atoms with van der Waals surface area (Å²) in [6, 6.07) is 13.4. The van der Waals surface area contributed by atoms with E-state index in [-0.39, 0.29) is 30.1 Å². The fourth-order valence-electron chi connectivity index (χ4n) is 4.80. The number of hydrogen-bond acceptors (Lipinski definition) is 4. The third-order valence-corrected chi connectivity index (χ3v) is 6.16. The van der Waals surface area contributed by atoms with Crippen LogP contribution >= 0.6 is 0 Å². The number of rotatable bonds is 6. The summed E-state index contributed by atoms with van der Waals surface area (Å²) >= 11 is 0. The topological polar surface area (TPSA) is 39.7 Å². The van der Waals surface area contributed by atoms with Gasteiger partial charge in [-0.25, -0.2) is 0 Å². The van der Waals surface area contributed by atoms with Crippen LogP contribution in [-0.2, 0) is 4.74 Å². The number of ether oxygens (including phenoxy) is 3. The van der Waals surface area contributed by atoms with Gasteiger partial charge >= 0.3 is 12.4 Å². The molecule has 1 spiro atoms. The van der Waals surface area contributed by atoms with Crippen molar-refractivity contribution in [2.75, 3.05) is 26.4 Å². The molecule has 0 bridgehead atoms. The Labute approximate surface area is 193 Å². The van der Waals surface area contributed by atoms with Gasteiger partial charge in [0.15, 0.2) is 13.2 Å². The lowest BCUT2D eigenvalue weighted by Gasteiger charge is -2.41. The first kappa shape index (κ1) is 24.7. The van der Waals surface area contributed by atoms with Crippen molar-refractivity contribution in [2.45, 2.75) is 49.2 Å². The second kappa shape index (κ2) is 9.65. The van der Waals surface area contributed by atoms with Gasteiger partial charge in [0.1, 0.15) is 11.5 Å². The second-order valence-corrected chi connectivity index (χ2v) is 8.69. The van der Waals surface area contributed by atoms with Crippen molar-refractivity contribution < 1.29 is 40.6 Å². The maximum atomic E-state index is 12.8. The third kappa shape index (κ3) is 5.96. The van der Waals surface area contributed by atoms with Gasteiger partial charge in [0.2, 0.25) is 0 Å². The van der Waals surface area contributed by atoms with Crippen molar-refractivity contribution in [3.8, 4) is 11.5 Å². The number of piperidine rings is 1. The van der Waals surface area contributed by atoms with Crippen LogP contribution in [0.25, 0.3) is 0 Å². The maximum absolute atomic E-state index is 12.8. The predicted molar refractivity (Wildman–Crippen MR) is 112 cm³/mol. The van der Waals surface area contributed by atoms with Crippen LogP contribution in [0.3, 0.4) is 0 Å². The summed E-state index contributed by atoms with van der Waals surface area (Å²) in [5, 5.41) is 3.49. The summed E-state index contributed by atoms with van der Waals surface area (Å²) in [7, 11) is 0. The fourth-order valence-corrected chi connectivity index (χ4v) is 4.80. The number of alkyl halides is 6. The van der Waals surface area contributed by atoms with E-state index in [4.69, 9.17) is 14.2 Å². The highest BCUT2D eigenvalue weighted by Gasteiger charge is 2.49. The Bertz CT molecular complexity index is 965. The number of nitrogens with one attached hydrogen (secondary N) is 1. The molecule has 1 N–H and O–H groups in total. The van der Waals surface area contributed by atoms with Crippen molar-refractivity contribution in [3.05, 3.63) is 59.7 Å². The van der Waals surface area contributed by atoms with E-state index in [1.165, 1.54) is 18.2 Å². The van der Waals surface area contributed by atoms with Gasteiger partial charge in [-0.15, -0.1) is 0 Å². The van der Waals surface area contributed by atoms with Crippen LogP contribution in [0.4, 0.5) is 26.3 Å². The summed E-state index contributed by atoms with van der Waals surface area (Å²) in [5.41, 5.74) is 0.797. The minimum Gasteiger partial charge on any atom is -0.484 e. The molecule has 2 fully saturated rings. The summed E-state index contributed by atoms with van der Waals surface area (Å²) in [4.78, 5) is 0. The molecule has 3 atom stereocenters. The van der Waals surface area contributed by atoms with Gasteiger partial charge in [0.25, 0.3) is 0 Å². The Balaban J connectivity index is 1.61. The van der Waals surface area contributed by atoms with E-state index in [0.717, 1.165) is 24.9 Å². The molecule has 2 aliphatic rings. The van der Waals surface area contributed by atoms with Crippen LogP contribution in [0.15, 0.2) is 48.5 Å². The van der Waals surface area contributed by atoms with Gasteiger partial charge in [-0.3, -0.25) is 0 Å². The zero-order valence-electron chi connectivity index (χ0n) is 18.2. The normalized spacial score (nSPS) is 25.5. The molecule has 0 aromatic heterocycles. The Morgan fingerprint density at radius 2 is 1.65 bits per heavy atom. The fraction of sp³-hybridized carbons (Fsp3) is 0.500. The Kier molecular flexibility index (Phi) is 7.00. The maximum Gasteiger partial charge on any atom is 0.422 e. The van der Waals surface area contributed by atoms with E-state index in [9.17, 15) is 26.3 Å². The molecular weight excluding hydrogens is 464 g/mol. The Morgan fingerprint density at radius 3 is 2.35 bits per heavy atom. The Hall–Kier alpha value is -2.46. The van der Waals surface area contributed by atoms with Crippen molar-refractivity contribution >= 4 is 0 Å². The van der Waals surface area contributed by atoms with E-state index in [1.807, 2.05) is 30.3 Å². The lowest BCUT2D eigenvalue weighted by Crippen LogP contribution is -2.48. The molecule has 4 rings (SSSR count). The van der Waals surface area contributed by atoms with Crippen LogP contribution in [0.2, 0.25) is 0 Å². The minimum absolute atomic E-state index is 0.0395. The molecule has 0 aliphatic carbocycles. The first-order chi connectivity index (χ1) is 16.0. The third-order valence-electron chi connectivity index (χ3n) is 6.16. The molecule has 0 saturated carbocycles. The molecule has 0 radical (unpaired) electrons. The summed E-state index contributed by atoms with van der Waals surface area (Å²) < 4.78 is 92.4.